The Morgan fingerprint density at radius 3 is 2.38 bits per heavy atom. The Kier molecular flexibility index (Phi) is 10.2. The van der Waals surface area contributed by atoms with Crippen molar-refractivity contribution < 1.29 is 22.7 Å². The van der Waals surface area contributed by atoms with Gasteiger partial charge in [0, 0.05) is 31.1 Å². The summed E-state index contributed by atoms with van der Waals surface area (Å²) in [6.45, 7) is 4.17. The van der Waals surface area contributed by atoms with Crippen molar-refractivity contribution in [2.75, 3.05) is 30.8 Å². The molecule has 1 atom stereocenters. The van der Waals surface area contributed by atoms with Gasteiger partial charge in [0.15, 0.2) is 0 Å². The number of rotatable bonds is 12. The number of hydrogen-bond acceptors (Lipinski definition) is 5. The van der Waals surface area contributed by atoms with Crippen LogP contribution in [0, 0.1) is 0 Å². The highest BCUT2D eigenvalue weighted by Gasteiger charge is 2.27. The highest BCUT2D eigenvalue weighted by atomic mass is 35.5. The summed E-state index contributed by atoms with van der Waals surface area (Å²) < 4.78 is 31.5. The molecule has 0 aliphatic heterocycles. The molecule has 0 heterocycles. The third kappa shape index (κ3) is 7.36. The predicted molar refractivity (Wildman–Crippen MR) is 135 cm³/mol. The second-order valence-corrected chi connectivity index (χ2v) is 10.1. The molecule has 1 unspecified atom stereocenters. The van der Waals surface area contributed by atoms with Crippen LogP contribution in [-0.2, 0) is 26.2 Å². The Bertz CT molecular complexity index is 1090. The minimum absolute atomic E-state index is 0.0510. The number of nitrogens with one attached hydrogen (secondary N) is 1. The number of carbonyl (C=O) groups excluding carboxylic acids is 2. The van der Waals surface area contributed by atoms with Gasteiger partial charge in [0.05, 0.1) is 19.1 Å². The minimum atomic E-state index is -3.61. The smallest absolute Gasteiger partial charge is 0.242 e. The van der Waals surface area contributed by atoms with Gasteiger partial charge in [-0.1, -0.05) is 41.9 Å². The van der Waals surface area contributed by atoms with Gasteiger partial charge in [-0.2, -0.15) is 0 Å². The van der Waals surface area contributed by atoms with E-state index in [4.69, 9.17) is 16.3 Å². The number of amides is 2. The molecule has 0 saturated heterocycles. The summed E-state index contributed by atoms with van der Waals surface area (Å²) in [5.74, 6) is -0.119. The Hall–Kier alpha value is -2.78. The zero-order valence-corrected chi connectivity index (χ0v) is 21.5. The molecule has 186 valence electrons. The van der Waals surface area contributed by atoms with Gasteiger partial charge in [-0.15, -0.1) is 0 Å². The fraction of sp³-hybridized carbons (Fsp3) is 0.417. The van der Waals surface area contributed by atoms with E-state index in [1.165, 1.54) is 16.3 Å². The largest absolute Gasteiger partial charge is 0.495 e. The molecule has 2 aromatic rings. The van der Waals surface area contributed by atoms with Crippen LogP contribution in [0.25, 0.3) is 0 Å². The summed E-state index contributed by atoms with van der Waals surface area (Å²) in [5.41, 5.74) is 1.13. The molecule has 0 fully saturated rings. The second kappa shape index (κ2) is 12.6. The Morgan fingerprint density at radius 1 is 1.12 bits per heavy atom. The first kappa shape index (κ1) is 27.5. The zero-order valence-electron chi connectivity index (χ0n) is 20.0. The number of methoxy groups -OCH3 is 1. The summed E-state index contributed by atoms with van der Waals surface area (Å²) >= 11 is 6.29. The molecule has 0 bridgehead atoms. The molecule has 0 aromatic heterocycles. The minimum Gasteiger partial charge on any atom is -0.495 e. The molecule has 0 aliphatic carbocycles. The first-order chi connectivity index (χ1) is 16.1. The number of para-hydroxylation sites is 2. The van der Waals surface area contributed by atoms with E-state index < -0.39 is 16.1 Å². The van der Waals surface area contributed by atoms with Crippen molar-refractivity contribution in [2.45, 2.75) is 39.3 Å². The zero-order chi connectivity index (χ0) is 25.3. The fourth-order valence-electron chi connectivity index (χ4n) is 3.53. The van der Waals surface area contributed by atoms with Gasteiger partial charge in [0.25, 0.3) is 0 Å². The van der Waals surface area contributed by atoms with Crippen molar-refractivity contribution in [1.29, 1.82) is 0 Å². The van der Waals surface area contributed by atoms with Gasteiger partial charge >= 0.3 is 0 Å². The van der Waals surface area contributed by atoms with Gasteiger partial charge in [0.2, 0.25) is 21.8 Å². The van der Waals surface area contributed by atoms with E-state index in [2.05, 4.69) is 5.32 Å². The maximum atomic E-state index is 13.2. The molecular weight excluding hydrogens is 478 g/mol. The van der Waals surface area contributed by atoms with Crippen molar-refractivity contribution in [1.82, 2.24) is 10.2 Å². The first-order valence-corrected chi connectivity index (χ1v) is 13.2. The van der Waals surface area contributed by atoms with E-state index in [1.54, 1.807) is 49.4 Å². The van der Waals surface area contributed by atoms with Crippen LogP contribution in [0.4, 0.5) is 5.69 Å². The van der Waals surface area contributed by atoms with E-state index >= 15 is 0 Å². The van der Waals surface area contributed by atoms with E-state index in [0.717, 1.165) is 11.8 Å². The number of hydrogen-bond donors (Lipinski definition) is 1. The van der Waals surface area contributed by atoms with Crippen LogP contribution in [-0.4, -0.2) is 57.6 Å². The summed E-state index contributed by atoms with van der Waals surface area (Å²) in [6.07, 6.45) is 1.42. The van der Waals surface area contributed by atoms with Crippen molar-refractivity contribution in [3.8, 4) is 5.75 Å². The van der Waals surface area contributed by atoms with E-state index in [9.17, 15) is 18.0 Å². The number of likely N-dealkylation sites (N-methyl/N-ethyl adjacent to an activating group) is 1. The summed E-state index contributed by atoms with van der Waals surface area (Å²) in [5, 5.41) is 3.24. The van der Waals surface area contributed by atoms with Crippen molar-refractivity contribution in [2.24, 2.45) is 0 Å². The Labute approximate surface area is 206 Å². The molecule has 2 aromatic carbocycles. The van der Waals surface area contributed by atoms with Crippen molar-refractivity contribution in [3.05, 3.63) is 59.1 Å². The molecule has 0 aliphatic rings. The Balaban J connectivity index is 2.20. The average Bonchev–Trinajstić information content (AvgIpc) is 2.80. The molecule has 0 radical (unpaired) electrons. The number of anilines is 1. The number of sulfonamides is 1. The second-order valence-electron chi connectivity index (χ2n) is 7.79. The first-order valence-electron chi connectivity index (χ1n) is 11.0. The number of carbonyl (C=O) groups is 2. The molecule has 1 N–H and O–H groups in total. The number of ether oxygens (including phenoxy) is 1. The van der Waals surface area contributed by atoms with Crippen LogP contribution in [0.15, 0.2) is 48.5 Å². The van der Waals surface area contributed by atoms with Gasteiger partial charge in [-0.25, -0.2) is 8.42 Å². The van der Waals surface area contributed by atoms with Crippen LogP contribution in [0.2, 0.25) is 5.02 Å². The van der Waals surface area contributed by atoms with Crippen molar-refractivity contribution >= 4 is 39.1 Å². The monoisotopic (exact) mass is 509 g/mol. The van der Waals surface area contributed by atoms with E-state index in [1.807, 2.05) is 13.0 Å². The maximum absolute atomic E-state index is 13.2. The summed E-state index contributed by atoms with van der Waals surface area (Å²) in [7, 11) is -2.14. The van der Waals surface area contributed by atoms with Crippen LogP contribution in [0.5, 0.6) is 5.75 Å². The molecular formula is C24H32ClN3O5S. The topological polar surface area (TPSA) is 96.0 Å². The lowest BCUT2D eigenvalue weighted by Gasteiger charge is -2.29. The predicted octanol–water partition coefficient (Wildman–Crippen LogP) is 3.45. The standard InChI is InChI=1S/C24H32ClN3O5S/c1-5-26-24(30)18(2)27(17-19-11-6-7-12-20(19)25)23(29)15-10-16-28(34(4,31)32)21-13-8-9-14-22(21)33-3/h6-9,11-14,18H,5,10,15-17H2,1-4H3,(H,26,30). The van der Waals surface area contributed by atoms with Gasteiger partial charge in [0.1, 0.15) is 11.8 Å². The summed E-state index contributed by atoms with van der Waals surface area (Å²) in [6, 6.07) is 13.2. The third-order valence-corrected chi connectivity index (χ3v) is 6.87. The Morgan fingerprint density at radius 2 is 1.76 bits per heavy atom. The quantitative estimate of drug-likeness (QED) is 0.472. The highest BCUT2D eigenvalue weighted by Crippen LogP contribution is 2.30. The molecule has 2 amide bonds. The number of halogens is 1. The normalized spacial score (nSPS) is 12.0. The lowest BCUT2D eigenvalue weighted by atomic mass is 10.1. The fourth-order valence-corrected chi connectivity index (χ4v) is 4.70. The van der Waals surface area contributed by atoms with E-state index in [-0.39, 0.29) is 37.7 Å². The highest BCUT2D eigenvalue weighted by molar-refractivity contribution is 7.92. The lowest BCUT2D eigenvalue weighted by Crippen LogP contribution is -2.47. The number of nitrogens with zero attached hydrogens (tertiary/aromatic N) is 2. The SMILES string of the molecule is CCNC(=O)C(C)N(Cc1ccccc1Cl)C(=O)CCCN(c1ccccc1OC)S(C)(=O)=O. The van der Waals surface area contributed by atoms with Crippen LogP contribution >= 0.6 is 11.6 Å². The van der Waals surface area contributed by atoms with Gasteiger partial charge < -0.3 is 15.0 Å². The average molecular weight is 510 g/mol. The molecule has 10 heteroatoms. The van der Waals surface area contributed by atoms with Gasteiger partial charge in [-0.05, 0) is 44.0 Å². The molecule has 0 spiro atoms. The third-order valence-electron chi connectivity index (χ3n) is 5.32. The summed E-state index contributed by atoms with van der Waals surface area (Å²) in [4.78, 5) is 27.2. The van der Waals surface area contributed by atoms with Crippen LogP contribution in [0.1, 0.15) is 32.3 Å². The molecule has 0 saturated carbocycles. The van der Waals surface area contributed by atoms with Gasteiger partial charge in [-0.3, -0.25) is 13.9 Å². The van der Waals surface area contributed by atoms with Crippen LogP contribution in [0.3, 0.4) is 0 Å². The van der Waals surface area contributed by atoms with Crippen LogP contribution < -0.4 is 14.4 Å². The molecule has 2 rings (SSSR count). The molecule has 34 heavy (non-hydrogen) atoms. The molecule has 8 nitrogen and oxygen atoms in total. The van der Waals surface area contributed by atoms with Crippen molar-refractivity contribution in [3.63, 3.8) is 0 Å². The lowest BCUT2D eigenvalue weighted by molar-refractivity contribution is -0.140. The maximum Gasteiger partial charge on any atom is 0.242 e. The van der Waals surface area contributed by atoms with E-state index in [0.29, 0.717) is 23.0 Å². The number of benzene rings is 2.